The molecule has 0 radical (unpaired) electrons. The third-order valence-electron chi connectivity index (χ3n) is 0.691. The minimum absolute atomic E-state index is 0. The van der Waals surface area contributed by atoms with E-state index >= 15 is 0 Å². The Balaban J connectivity index is -0.000000245. The maximum Gasteiger partial charge on any atom is 1.00 e. The molecule has 0 spiro atoms. The van der Waals surface area contributed by atoms with Crippen molar-refractivity contribution in [2.75, 3.05) is 0 Å². The first-order valence-electron chi connectivity index (χ1n) is 2.34. The molecule has 0 bridgehead atoms. The van der Waals surface area contributed by atoms with E-state index in [1.54, 1.807) is 0 Å². The molecule has 0 amide bonds. The topological polar surface area (TPSA) is 54.4 Å². The van der Waals surface area contributed by atoms with Crippen LogP contribution < -0.4 is 68.9 Å². The Morgan fingerprint density at radius 1 is 1.44 bits per heavy atom. The fourth-order valence-electron chi connectivity index (χ4n) is 0.283. The third-order valence-corrected chi connectivity index (χ3v) is 0.691. The van der Waals surface area contributed by atoms with E-state index in [4.69, 9.17) is 5.11 Å². The van der Waals surface area contributed by atoms with Crippen LogP contribution in [0.3, 0.4) is 0 Å². The number of carboxylic acids is 1. The van der Waals surface area contributed by atoms with Gasteiger partial charge in [-0.05, 0) is 6.92 Å². The van der Waals surface area contributed by atoms with Crippen LogP contribution in [0.25, 0.3) is 0 Å². The summed E-state index contributed by atoms with van der Waals surface area (Å²) in [6.07, 6.45) is 0.102. The van der Waals surface area contributed by atoms with E-state index in [2.05, 4.69) is 0 Å². The third kappa shape index (κ3) is 12.4. The molecular formula is C5H9CsO3. The van der Waals surface area contributed by atoms with Crippen LogP contribution in [-0.4, -0.2) is 16.9 Å². The van der Waals surface area contributed by atoms with Crippen molar-refractivity contribution in [1.29, 1.82) is 0 Å². The summed E-state index contributed by atoms with van der Waals surface area (Å²) in [5, 5.41) is 8.01. The molecule has 0 aliphatic carbocycles. The Bertz CT molecular complexity index is 101. The van der Waals surface area contributed by atoms with Gasteiger partial charge in [0.15, 0.2) is 0 Å². The molecule has 0 aromatic carbocycles. The molecule has 48 valence electrons. The summed E-state index contributed by atoms with van der Waals surface area (Å²) >= 11 is 0. The Labute approximate surface area is 114 Å². The second kappa shape index (κ2) is 7.30. The summed E-state index contributed by atoms with van der Waals surface area (Å²) < 4.78 is 0. The van der Waals surface area contributed by atoms with Crippen LogP contribution in [0.4, 0.5) is 0 Å². The molecule has 0 aliphatic rings. The number of carboxylic acid groups (broad SMARTS) is 1. The zero-order chi connectivity index (χ0) is 6.57. The van der Waals surface area contributed by atoms with Crippen molar-refractivity contribution in [2.45, 2.75) is 19.8 Å². The zero-order valence-electron chi connectivity index (χ0n) is 6.68. The molecular weight excluding hydrogens is 241 g/mol. The number of rotatable bonds is 3. The fraction of sp³-hybridized carbons (Fsp3) is 0.600. The van der Waals surface area contributed by atoms with Crippen LogP contribution in [0.15, 0.2) is 0 Å². The molecule has 0 atom stereocenters. The van der Waals surface area contributed by atoms with Crippen LogP contribution in [-0.2, 0) is 9.59 Å². The van der Waals surface area contributed by atoms with Gasteiger partial charge in [0.25, 0.3) is 0 Å². The number of hydrogen-bond donors (Lipinski definition) is 1. The Morgan fingerprint density at radius 3 is 2.00 bits per heavy atom. The van der Waals surface area contributed by atoms with Gasteiger partial charge in [-0.25, -0.2) is 0 Å². The average molecular weight is 250 g/mol. The Morgan fingerprint density at radius 2 is 1.89 bits per heavy atom. The zero-order valence-corrected chi connectivity index (χ0v) is 12.0. The number of carbonyl (C=O) groups excluding carboxylic acids is 1. The van der Waals surface area contributed by atoms with Crippen molar-refractivity contribution in [3.63, 3.8) is 0 Å². The van der Waals surface area contributed by atoms with Gasteiger partial charge < -0.3 is 11.3 Å². The van der Waals surface area contributed by atoms with Crippen LogP contribution >= 0.6 is 0 Å². The summed E-state index contributed by atoms with van der Waals surface area (Å²) in [5.74, 6) is -0.993. The first-order chi connectivity index (χ1) is 3.63. The van der Waals surface area contributed by atoms with E-state index < -0.39 is 5.97 Å². The van der Waals surface area contributed by atoms with Crippen LogP contribution in [0.5, 0.6) is 0 Å². The Hall–Kier alpha value is 1.19. The van der Waals surface area contributed by atoms with Crippen molar-refractivity contribution >= 4 is 11.8 Å². The molecule has 1 N–H and O–H groups in total. The first-order valence-corrected chi connectivity index (χ1v) is 2.34. The minimum atomic E-state index is -0.916. The maximum atomic E-state index is 10.1. The molecule has 0 aromatic rings. The smallest absolute Gasteiger partial charge is 1.00 e. The molecule has 0 saturated carbocycles. The number of Topliss-reactive ketones (excluding diaryl/α,β-unsaturated/α-hetero) is 1. The van der Waals surface area contributed by atoms with Crippen molar-refractivity contribution in [2.24, 2.45) is 0 Å². The van der Waals surface area contributed by atoms with Crippen molar-refractivity contribution in [1.82, 2.24) is 0 Å². The minimum Gasteiger partial charge on any atom is -1.00 e. The summed E-state index contributed by atoms with van der Waals surface area (Å²) in [5.41, 5.74) is 0. The van der Waals surface area contributed by atoms with E-state index in [1.165, 1.54) is 6.92 Å². The van der Waals surface area contributed by atoms with E-state index in [9.17, 15) is 9.59 Å². The van der Waals surface area contributed by atoms with E-state index in [0.29, 0.717) is 0 Å². The number of ketones is 1. The van der Waals surface area contributed by atoms with Crippen molar-refractivity contribution < 1.29 is 85.0 Å². The average Bonchev–Trinajstić information content (AvgIpc) is 1.61. The first kappa shape index (κ1) is 12.8. The van der Waals surface area contributed by atoms with Gasteiger partial charge in [-0.3, -0.25) is 4.79 Å². The standard InChI is InChI=1S/C5H8O3.Cs.H/c1-4(6)2-3-5(7)8;;/h2-3H2,1H3,(H,7,8);;/q;+1;-1. The maximum absolute atomic E-state index is 10.1. The van der Waals surface area contributed by atoms with Gasteiger partial charge in [0.05, 0.1) is 6.42 Å². The van der Waals surface area contributed by atoms with Crippen molar-refractivity contribution in [3.05, 3.63) is 0 Å². The fourth-order valence-corrected chi connectivity index (χ4v) is 0.283. The van der Waals surface area contributed by atoms with Gasteiger partial charge >= 0.3 is 74.9 Å². The van der Waals surface area contributed by atoms with E-state index in [1.807, 2.05) is 0 Å². The molecule has 0 saturated heterocycles. The van der Waals surface area contributed by atoms with Crippen molar-refractivity contribution in [3.8, 4) is 0 Å². The van der Waals surface area contributed by atoms with Gasteiger partial charge in [0.2, 0.25) is 0 Å². The van der Waals surface area contributed by atoms with Crippen LogP contribution in [0.2, 0.25) is 0 Å². The molecule has 0 aliphatic heterocycles. The van der Waals surface area contributed by atoms with Crippen LogP contribution in [0.1, 0.15) is 21.2 Å². The predicted octanol–water partition coefficient (Wildman–Crippen LogP) is -2.44. The summed E-state index contributed by atoms with van der Waals surface area (Å²) in [6.45, 7) is 1.38. The van der Waals surface area contributed by atoms with Gasteiger partial charge in [0.1, 0.15) is 5.78 Å². The normalized spacial score (nSPS) is 7.67. The quantitative estimate of drug-likeness (QED) is 0.605. The number of aliphatic carboxylic acids is 1. The van der Waals surface area contributed by atoms with Gasteiger partial charge in [-0.1, -0.05) is 0 Å². The summed E-state index contributed by atoms with van der Waals surface area (Å²) in [6, 6.07) is 0. The molecule has 3 nitrogen and oxygen atoms in total. The molecule has 9 heavy (non-hydrogen) atoms. The van der Waals surface area contributed by atoms with Gasteiger partial charge in [0, 0.05) is 6.42 Å². The molecule has 0 heterocycles. The molecule has 4 heteroatoms. The van der Waals surface area contributed by atoms with E-state index in [-0.39, 0.29) is 88.9 Å². The van der Waals surface area contributed by atoms with Crippen LogP contribution in [0, 0.1) is 0 Å². The summed E-state index contributed by atoms with van der Waals surface area (Å²) in [4.78, 5) is 19.8. The largest absolute Gasteiger partial charge is 1.00 e. The van der Waals surface area contributed by atoms with E-state index in [0.717, 1.165) is 0 Å². The predicted molar refractivity (Wildman–Crippen MR) is 28.7 cm³/mol. The Kier molecular flexibility index (Phi) is 10.4. The molecule has 0 aromatic heterocycles. The van der Waals surface area contributed by atoms with Gasteiger partial charge in [-0.2, -0.15) is 0 Å². The number of hydrogen-bond acceptors (Lipinski definition) is 2. The van der Waals surface area contributed by atoms with Gasteiger partial charge in [-0.15, -0.1) is 0 Å². The second-order valence-electron chi connectivity index (χ2n) is 1.60. The monoisotopic (exact) mass is 250 g/mol. The molecule has 0 rings (SSSR count). The second-order valence-corrected chi connectivity index (χ2v) is 1.60. The summed E-state index contributed by atoms with van der Waals surface area (Å²) in [7, 11) is 0. The molecule has 0 unspecified atom stereocenters. The SMILES string of the molecule is CC(=O)CCC(=O)O.[Cs+].[H-]. The molecule has 0 fully saturated rings. The number of carbonyl (C=O) groups is 2.